The average molecular weight is 253 g/mol. The van der Waals surface area contributed by atoms with Crippen LogP contribution in [0.4, 0.5) is 0 Å². The van der Waals surface area contributed by atoms with Gasteiger partial charge in [-0.05, 0) is 12.8 Å². The summed E-state index contributed by atoms with van der Waals surface area (Å²) in [5.74, 6) is 0. The monoisotopic (exact) mass is 252 g/mol. The fourth-order valence-corrected chi connectivity index (χ4v) is 2.18. The van der Waals surface area contributed by atoms with E-state index in [0.717, 1.165) is 19.4 Å². The van der Waals surface area contributed by atoms with Gasteiger partial charge in [0.05, 0.1) is 6.10 Å². The van der Waals surface area contributed by atoms with Gasteiger partial charge in [-0.15, -0.1) is 0 Å². The van der Waals surface area contributed by atoms with Crippen molar-refractivity contribution in [3.63, 3.8) is 0 Å². The molecule has 15 heavy (non-hydrogen) atoms. The Balaban J connectivity index is 2.50. The van der Waals surface area contributed by atoms with E-state index in [4.69, 9.17) is 33.7 Å². The number of ether oxygens (including phenoxy) is 1. The highest BCUT2D eigenvalue weighted by molar-refractivity contribution is 6.36. The number of rotatable bonds is 4. The van der Waals surface area contributed by atoms with E-state index in [9.17, 15) is 0 Å². The molecule has 1 aliphatic rings. The van der Waals surface area contributed by atoms with Crippen molar-refractivity contribution in [1.29, 1.82) is 0 Å². The Labute approximate surface area is 101 Å². The van der Waals surface area contributed by atoms with Crippen molar-refractivity contribution in [3.05, 3.63) is 10.6 Å². The van der Waals surface area contributed by atoms with Crippen molar-refractivity contribution in [2.24, 2.45) is 5.73 Å². The van der Waals surface area contributed by atoms with Crippen LogP contribution in [0.3, 0.4) is 0 Å². The highest BCUT2D eigenvalue weighted by Gasteiger charge is 2.27. The number of nitrogens with two attached hydrogens (primary N) is 1. The molecule has 1 heterocycles. The molecule has 0 aromatic rings. The predicted molar refractivity (Wildman–Crippen MR) is 64.2 cm³/mol. The zero-order valence-electron chi connectivity index (χ0n) is 8.96. The first-order chi connectivity index (χ1) is 7.21. The van der Waals surface area contributed by atoms with Crippen LogP contribution in [-0.4, -0.2) is 43.8 Å². The summed E-state index contributed by atoms with van der Waals surface area (Å²) in [7, 11) is 1.75. The molecule has 88 valence electrons. The van der Waals surface area contributed by atoms with Gasteiger partial charge in [0.2, 0.25) is 0 Å². The molecule has 0 aliphatic carbocycles. The van der Waals surface area contributed by atoms with Gasteiger partial charge in [0, 0.05) is 43.4 Å². The van der Waals surface area contributed by atoms with Gasteiger partial charge in [-0.25, -0.2) is 0 Å². The summed E-state index contributed by atoms with van der Waals surface area (Å²) in [6.45, 7) is 2.27. The van der Waals surface area contributed by atoms with E-state index in [-0.39, 0.29) is 0 Å². The van der Waals surface area contributed by atoms with Crippen LogP contribution < -0.4 is 5.73 Å². The topological polar surface area (TPSA) is 38.5 Å². The second kappa shape index (κ2) is 6.71. The molecule has 2 unspecified atom stereocenters. The van der Waals surface area contributed by atoms with E-state index >= 15 is 0 Å². The quantitative estimate of drug-likeness (QED) is 0.829. The van der Waals surface area contributed by atoms with E-state index in [0.29, 0.717) is 30.3 Å². The maximum absolute atomic E-state index is 5.91. The molecule has 1 saturated heterocycles. The molecule has 0 amide bonds. The van der Waals surface area contributed by atoms with Crippen LogP contribution in [0.1, 0.15) is 12.8 Å². The minimum atomic E-state index is 0.327. The molecule has 0 radical (unpaired) electrons. The molecule has 3 nitrogen and oxygen atoms in total. The predicted octanol–water partition coefficient (Wildman–Crippen LogP) is 1.74. The summed E-state index contributed by atoms with van der Waals surface area (Å²) >= 11 is 11.4. The smallest absolute Gasteiger partial charge is 0.0599 e. The van der Waals surface area contributed by atoms with Crippen molar-refractivity contribution < 1.29 is 4.74 Å². The molecule has 1 rings (SSSR count). The van der Waals surface area contributed by atoms with E-state index < -0.39 is 0 Å². The fourth-order valence-electron chi connectivity index (χ4n) is 1.96. The second-order valence-electron chi connectivity index (χ2n) is 3.80. The zero-order chi connectivity index (χ0) is 11.3. The molecule has 0 aromatic carbocycles. The van der Waals surface area contributed by atoms with Crippen LogP contribution in [0.15, 0.2) is 10.6 Å². The molecule has 1 aliphatic heterocycles. The molecule has 0 saturated carbocycles. The van der Waals surface area contributed by atoms with Crippen molar-refractivity contribution in [2.75, 3.05) is 26.7 Å². The molecule has 5 heteroatoms. The average Bonchev–Trinajstić information content (AvgIpc) is 2.29. The molecule has 0 bridgehead atoms. The second-order valence-corrected chi connectivity index (χ2v) is 4.50. The number of hydrogen-bond donors (Lipinski definition) is 1. The Kier molecular flexibility index (Phi) is 5.94. The maximum atomic E-state index is 5.91. The summed E-state index contributed by atoms with van der Waals surface area (Å²) < 4.78 is 5.35. The van der Waals surface area contributed by atoms with Crippen LogP contribution in [0, 0.1) is 0 Å². The first-order valence-corrected chi connectivity index (χ1v) is 5.94. The van der Waals surface area contributed by atoms with E-state index in [1.54, 1.807) is 7.11 Å². The third kappa shape index (κ3) is 3.93. The molecular formula is C10H18Cl2N2O. The lowest BCUT2D eigenvalue weighted by Crippen LogP contribution is -2.48. The van der Waals surface area contributed by atoms with Crippen molar-refractivity contribution in [1.82, 2.24) is 4.90 Å². The standard InChI is InChI=1S/C10H18Cl2N2O/c1-15-10-2-3-14(7-8(12)5-11)9(4-10)6-13/h5,9-10H,2-4,6-7,13H2,1H3. The number of halogens is 2. The van der Waals surface area contributed by atoms with Gasteiger partial charge in [0.1, 0.15) is 0 Å². The van der Waals surface area contributed by atoms with Gasteiger partial charge in [-0.2, -0.15) is 0 Å². The highest BCUT2D eigenvalue weighted by Crippen LogP contribution is 2.21. The minimum Gasteiger partial charge on any atom is -0.381 e. The summed E-state index contributed by atoms with van der Waals surface area (Å²) in [5, 5.41) is 0.658. The van der Waals surface area contributed by atoms with E-state index in [1.165, 1.54) is 5.54 Å². The van der Waals surface area contributed by atoms with E-state index in [1.807, 2.05) is 0 Å². The summed E-state index contributed by atoms with van der Waals surface area (Å²) in [4.78, 5) is 2.26. The van der Waals surface area contributed by atoms with Crippen LogP contribution in [0.2, 0.25) is 0 Å². The normalized spacial score (nSPS) is 29.5. The minimum absolute atomic E-state index is 0.327. The van der Waals surface area contributed by atoms with Crippen molar-refractivity contribution >= 4 is 23.2 Å². The lowest BCUT2D eigenvalue weighted by molar-refractivity contribution is 0.0174. The summed E-state index contributed by atoms with van der Waals surface area (Å²) in [6.07, 6.45) is 2.33. The molecule has 2 N–H and O–H groups in total. The van der Waals surface area contributed by atoms with Crippen molar-refractivity contribution in [2.45, 2.75) is 25.0 Å². The molecular weight excluding hydrogens is 235 g/mol. The van der Waals surface area contributed by atoms with E-state index in [2.05, 4.69) is 4.90 Å². The Hall–Kier alpha value is 0.200. The fraction of sp³-hybridized carbons (Fsp3) is 0.800. The SMILES string of the molecule is COC1CCN(CC(Cl)=CCl)C(CN)C1. The summed E-state index contributed by atoms with van der Waals surface area (Å²) in [5.41, 5.74) is 7.15. The Bertz CT molecular complexity index is 223. The highest BCUT2D eigenvalue weighted by atomic mass is 35.5. The Morgan fingerprint density at radius 2 is 2.40 bits per heavy atom. The largest absolute Gasteiger partial charge is 0.381 e. The van der Waals surface area contributed by atoms with Gasteiger partial charge in [0.15, 0.2) is 0 Å². The van der Waals surface area contributed by atoms with Crippen LogP contribution in [0.25, 0.3) is 0 Å². The third-order valence-corrected chi connectivity index (χ3v) is 3.47. The van der Waals surface area contributed by atoms with Gasteiger partial charge < -0.3 is 10.5 Å². The Morgan fingerprint density at radius 3 is 2.93 bits per heavy atom. The Morgan fingerprint density at radius 1 is 1.67 bits per heavy atom. The van der Waals surface area contributed by atoms with Crippen LogP contribution in [0.5, 0.6) is 0 Å². The summed E-state index contributed by atoms with van der Waals surface area (Å²) in [6, 6.07) is 0.342. The number of nitrogens with zero attached hydrogens (tertiary/aromatic N) is 1. The molecule has 0 spiro atoms. The molecule has 0 aromatic heterocycles. The van der Waals surface area contributed by atoms with Crippen molar-refractivity contribution in [3.8, 4) is 0 Å². The van der Waals surface area contributed by atoms with Gasteiger partial charge in [-0.3, -0.25) is 4.90 Å². The number of likely N-dealkylation sites (tertiary alicyclic amines) is 1. The first-order valence-electron chi connectivity index (χ1n) is 5.13. The molecule has 1 fully saturated rings. The van der Waals surface area contributed by atoms with Crippen LogP contribution in [-0.2, 0) is 4.74 Å². The number of piperidine rings is 1. The first kappa shape index (κ1) is 13.3. The van der Waals surface area contributed by atoms with Gasteiger partial charge in [0.25, 0.3) is 0 Å². The van der Waals surface area contributed by atoms with Gasteiger partial charge >= 0.3 is 0 Å². The lowest BCUT2D eigenvalue weighted by atomic mass is 9.99. The van der Waals surface area contributed by atoms with Gasteiger partial charge in [-0.1, -0.05) is 23.2 Å². The number of methoxy groups -OCH3 is 1. The zero-order valence-corrected chi connectivity index (χ0v) is 10.5. The maximum Gasteiger partial charge on any atom is 0.0599 e. The third-order valence-electron chi connectivity index (χ3n) is 2.87. The molecule has 2 atom stereocenters. The number of hydrogen-bond acceptors (Lipinski definition) is 3. The van der Waals surface area contributed by atoms with Crippen LogP contribution >= 0.6 is 23.2 Å². The lowest BCUT2D eigenvalue weighted by Gasteiger charge is -2.38.